The molecule has 0 bridgehead atoms. The van der Waals surface area contributed by atoms with Gasteiger partial charge in [-0.2, -0.15) is 0 Å². The summed E-state index contributed by atoms with van der Waals surface area (Å²) in [6.07, 6.45) is 8.73. The molecule has 3 rings (SSSR count). The Kier molecular flexibility index (Phi) is 3.14. The largest absolute Gasteiger partial charge is 0.350 e. The summed E-state index contributed by atoms with van der Waals surface area (Å²) in [4.78, 5) is 0. The van der Waals surface area contributed by atoms with E-state index in [2.05, 4.69) is 42.9 Å². The highest BCUT2D eigenvalue weighted by Crippen LogP contribution is 2.39. The Morgan fingerprint density at radius 3 is 2.63 bits per heavy atom. The molecule has 1 fully saturated rings. The molecule has 102 valence electrons. The van der Waals surface area contributed by atoms with Crippen LogP contribution in [0, 0.1) is 6.92 Å². The van der Waals surface area contributed by atoms with Gasteiger partial charge in [-0.05, 0) is 43.0 Å². The molecule has 0 spiro atoms. The van der Waals surface area contributed by atoms with Crippen LogP contribution in [0.2, 0.25) is 0 Å². The Hall–Kier alpha value is -1.28. The van der Waals surface area contributed by atoms with Crippen LogP contribution in [0.3, 0.4) is 0 Å². The van der Waals surface area contributed by atoms with Gasteiger partial charge in [0.1, 0.15) is 0 Å². The van der Waals surface area contributed by atoms with E-state index >= 15 is 0 Å². The number of benzene rings is 1. The second kappa shape index (κ2) is 4.68. The normalized spacial score (nSPS) is 18.9. The van der Waals surface area contributed by atoms with Gasteiger partial charge in [-0.3, -0.25) is 0 Å². The van der Waals surface area contributed by atoms with Gasteiger partial charge in [-0.1, -0.05) is 25.3 Å². The van der Waals surface area contributed by atoms with Crippen molar-refractivity contribution in [3.63, 3.8) is 0 Å². The summed E-state index contributed by atoms with van der Waals surface area (Å²) in [7, 11) is 2.12. The maximum Gasteiger partial charge on any atom is 0.0480 e. The first-order valence-corrected chi connectivity index (χ1v) is 7.42. The van der Waals surface area contributed by atoms with Crippen LogP contribution in [0.25, 0.3) is 10.9 Å². The van der Waals surface area contributed by atoms with E-state index in [4.69, 9.17) is 5.73 Å². The van der Waals surface area contributed by atoms with Crippen molar-refractivity contribution in [3.8, 4) is 0 Å². The van der Waals surface area contributed by atoms with Crippen LogP contribution in [0.4, 0.5) is 0 Å². The van der Waals surface area contributed by atoms with E-state index < -0.39 is 0 Å². The fourth-order valence-corrected chi connectivity index (χ4v) is 3.76. The van der Waals surface area contributed by atoms with Gasteiger partial charge >= 0.3 is 0 Å². The van der Waals surface area contributed by atoms with Crippen LogP contribution < -0.4 is 5.73 Å². The number of nitrogens with two attached hydrogens (primary N) is 1. The zero-order valence-corrected chi connectivity index (χ0v) is 12.1. The van der Waals surface area contributed by atoms with Crippen molar-refractivity contribution in [3.05, 3.63) is 35.5 Å². The lowest BCUT2D eigenvalue weighted by molar-refractivity contribution is 0.301. The van der Waals surface area contributed by atoms with Gasteiger partial charge in [0.2, 0.25) is 0 Å². The first kappa shape index (κ1) is 12.7. The zero-order valence-electron chi connectivity index (χ0n) is 12.1. The molecule has 0 unspecified atom stereocenters. The van der Waals surface area contributed by atoms with Crippen molar-refractivity contribution < 1.29 is 0 Å². The molecule has 19 heavy (non-hydrogen) atoms. The fraction of sp³-hybridized carbons (Fsp3) is 0.529. The van der Waals surface area contributed by atoms with Crippen molar-refractivity contribution in [1.29, 1.82) is 0 Å². The van der Waals surface area contributed by atoms with Gasteiger partial charge in [0.15, 0.2) is 0 Å². The molecule has 1 saturated carbocycles. The molecule has 0 saturated heterocycles. The highest BCUT2D eigenvalue weighted by atomic mass is 14.9. The number of aromatic nitrogens is 1. The first-order chi connectivity index (χ1) is 9.16. The van der Waals surface area contributed by atoms with Crippen molar-refractivity contribution in [2.75, 3.05) is 6.54 Å². The molecule has 1 aromatic carbocycles. The molecular weight excluding hydrogens is 232 g/mol. The topological polar surface area (TPSA) is 30.9 Å². The molecule has 1 aliphatic rings. The Morgan fingerprint density at radius 2 is 1.95 bits per heavy atom. The van der Waals surface area contributed by atoms with E-state index in [1.54, 1.807) is 0 Å². The Balaban J connectivity index is 2.11. The quantitative estimate of drug-likeness (QED) is 0.873. The maximum atomic E-state index is 6.15. The predicted molar refractivity (Wildman–Crippen MR) is 81.5 cm³/mol. The molecule has 2 aromatic rings. The van der Waals surface area contributed by atoms with Gasteiger partial charge < -0.3 is 10.3 Å². The number of hydrogen-bond donors (Lipinski definition) is 1. The summed E-state index contributed by atoms with van der Waals surface area (Å²) < 4.78 is 2.21. The monoisotopic (exact) mass is 256 g/mol. The van der Waals surface area contributed by atoms with Crippen molar-refractivity contribution in [1.82, 2.24) is 4.57 Å². The molecule has 1 heterocycles. The summed E-state index contributed by atoms with van der Waals surface area (Å²) in [5.41, 5.74) is 10.5. The molecule has 0 radical (unpaired) electrons. The average molecular weight is 256 g/mol. The van der Waals surface area contributed by atoms with Crippen LogP contribution in [0.15, 0.2) is 24.4 Å². The van der Waals surface area contributed by atoms with Crippen LogP contribution in [0.5, 0.6) is 0 Å². The highest BCUT2D eigenvalue weighted by molar-refractivity contribution is 5.84. The van der Waals surface area contributed by atoms with Crippen LogP contribution in [0.1, 0.15) is 43.2 Å². The van der Waals surface area contributed by atoms with Crippen molar-refractivity contribution in [2.24, 2.45) is 12.8 Å². The summed E-state index contributed by atoms with van der Waals surface area (Å²) in [5, 5.41) is 1.39. The van der Waals surface area contributed by atoms with Crippen LogP contribution >= 0.6 is 0 Å². The predicted octanol–water partition coefficient (Wildman–Crippen LogP) is 3.65. The second-order valence-electron chi connectivity index (χ2n) is 6.20. The molecule has 1 aliphatic carbocycles. The third-order valence-electron chi connectivity index (χ3n) is 5.00. The number of nitrogens with zero attached hydrogens (tertiary/aromatic N) is 1. The Labute approximate surface area is 115 Å². The number of rotatable bonds is 2. The van der Waals surface area contributed by atoms with Gasteiger partial charge in [0.25, 0.3) is 0 Å². The summed E-state index contributed by atoms with van der Waals surface area (Å²) in [6, 6.07) is 6.96. The lowest BCUT2D eigenvalue weighted by Crippen LogP contribution is -2.37. The molecule has 0 aliphatic heterocycles. The van der Waals surface area contributed by atoms with E-state index in [1.165, 1.54) is 54.1 Å². The molecule has 1 aromatic heterocycles. The van der Waals surface area contributed by atoms with E-state index in [0.29, 0.717) is 0 Å². The van der Waals surface area contributed by atoms with Crippen molar-refractivity contribution in [2.45, 2.75) is 44.4 Å². The fourth-order valence-electron chi connectivity index (χ4n) is 3.76. The lowest BCUT2D eigenvalue weighted by Gasteiger charge is -2.37. The molecule has 0 atom stereocenters. The van der Waals surface area contributed by atoms with Crippen LogP contribution in [-0.4, -0.2) is 11.1 Å². The smallest absolute Gasteiger partial charge is 0.0480 e. The minimum Gasteiger partial charge on any atom is -0.350 e. The van der Waals surface area contributed by atoms with Gasteiger partial charge in [0, 0.05) is 36.1 Å². The summed E-state index contributed by atoms with van der Waals surface area (Å²) >= 11 is 0. The zero-order chi connectivity index (χ0) is 13.5. The SMILES string of the molecule is Cc1cn(C)c2ccc(C3(CN)CCCCC3)cc12. The van der Waals surface area contributed by atoms with E-state index in [0.717, 1.165) is 6.54 Å². The molecule has 2 nitrogen and oxygen atoms in total. The summed E-state index contributed by atoms with van der Waals surface area (Å²) in [6.45, 7) is 2.98. The van der Waals surface area contributed by atoms with E-state index in [-0.39, 0.29) is 5.41 Å². The Bertz CT molecular complexity index is 589. The number of hydrogen-bond acceptors (Lipinski definition) is 1. The first-order valence-electron chi connectivity index (χ1n) is 7.42. The van der Waals surface area contributed by atoms with Crippen LogP contribution in [-0.2, 0) is 12.5 Å². The third kappa shape index (κ3) is 1.99. The molecule has 2 heteroatoms. The average Bonchev–Trinajstić information content (AvgIpc) is 2.74. The lowest BCUT2D eigenvalue weighted by atomic mass is 9.69. The number of fused-ring (bicyclic) bond motifs is 1. The van der Waals surface area contributed by atoms with Gasteiger partial charge in [0.05, 0.1) is 0 Å². The Morgan fingerprint density at radius 1 is 1.21 bits per heavy atom. The van der Waals surface area contributed by atoms with Crippen molar-refractivity contribution >= 4 is 10.9 Å². The minimum atomic E-state index is 0.231. The van der Waals surface area contributed by atoms with Gasteiger partial charge in [-0.25, -0.2) is 0 Å². The maximum absolute atomic E-state index is 6.15. The summed E-state index contributed by atoms with van der Waals surface area (Å²) in [5.74, 6) is 0. The van der Waals surface area contributed by atoms with Gasteiger partial charge in [-0.15, -0.1) is 0 Å². The highest BCUT2D eigenvalue weighted by Gasteiger charge is 2.32. The van der Waals surface area contributed by atoms with E-state index in [1.807, 2.05) is 0 Å². The van der Waals surface area contributed by atoms with E-state index in [9.17, 15) is 0 Å². The third-order valence-corrected chi connectivity index (χ3v) is 5.00. The number of aryl methyl sites for hydroxylation is 2. The molecular formula is C17H24N2. The molecule has 2 N–H and O–H groups in total. The second-order valence-corrected chi connectivity index (χ2v) is 6.20. The minimum absolute atomic E-state index is 0.231. The standard InChI is InChI=1S/C17H24N2/c1-13-11-19(2)16-7-6-14(10-15(13)16)17(12-18)8-4-3-5-9-17/h6-7,10-11H,3-5,8-9,12,18H2,1-2H3. The molecule has 0 amide bonds.